The number of imidazole rings is 1. The maximum atomic E-state index is 5.86. The lowest BCUT2D eigenvalue weighted by Gasteiger charge is -2.00. The second-order valence-electron chi connectivity index (χ2n) is 7.26. The molecule has 0 radical (unpaired) electrons. The Morgan fingerprint density at radius 2 is 1.33 bits per heavy atom. The van der Waals surface area contributed by atoms with Crippen molar-refractivity contribution in [1.82, 2.24) is 20.2 Å². The maximum absolute atomic E-state index is 5.86. The third-order valence-electron chi connectivity index (χ3n) is 5.26. The lowest BCUT2D eigenvalue weighted by Crippen LogP contribution is -1.82. The number of ether oxygens (including phenoxy) is 1. The molecule has 0 atom stereocenters. The molecule has 0 unspecified atom stereocenters. The molecule has 0 aliphatic heterocycles. The third kappa shape index (κ3) is 3.22. The highest BCUT2D eigenvalue weighted by atomic mass is 16.5. The summed E-state index contributed by atoms with van der Waals surface area (Å²) in [4.78, 5) is 8.13. The Labute approximate surface area is 173 Å². The first kappa shape index (κ1) is 18.1. The van der Waals surface area contributed by atoms with E-state index in [9.17, 15) is 0 Å². The molecule has 0 spiro atoms. The van der Waals surface area contributed by atoms with E-state index in [0.29, 0.717) is 11.8 Å². The van der Waals surface area contributed by atoms with Crippen LogP contribution in [-0.2, 0) is 0 Å². The number of nitrogens with zero attached hydrogens (tertiary/aromatic N) is 3. The van der Waals surface area contributed by atoms with Crippen LogP contribution in [0.15, 0.2) is 65.1 Å². The summed E-state index contributed by atoms with van der Waals surface area (Å²) in [5.74, 6) is 2.57. The van der Waals surface area contributed by atoms with E-state index >= 15 is 0 Å². The fourth-order valence-electron chi connectivity index (χ4n) is 3.37. The Morgan fingerprint density at radius 3 is 1.97 bits per heavy atom. The van der Waals surface area contributed by atoms with Gasteiger partial charge in [-0.2, -0.15) is 0 Å². The molecule has 1 N–H and O–H groups in total. The van der Waals surface area contributed by atoms with Gasteiger partial charge in [-0.15, -0.1) is 10.2 Å². The maximum Gasteiger partial charge on any atom is 0.248 e. The topological polar surface area (TPSA) is 76.8 Å². The Bertz CT molecular complexity index is 1290. The molecule has 30 heavy (non-hydrogen) atoms. The molecule has 0 amide bonds. The van der Waals surface area contributed by atoms with Gasteiger partial charge in [0.05, 0.1) is 18.1 Å². The average molecular weight is 396 g/mol. The van der Waals surface area contributed by atoms with Crippen molar-refractivity contribution < 1.29 is 9.15 Å². The number of H-pyrrole nitrogens is 1. The van der Waals surface area contributed by atoms with Gasteiger partial charge >= 0.3 is 0 Å². The number of fused-ring (bicyclic) bond motifs is 1. The zero-order valence-electron chi connectivity index (χ0n) is 16.9. The Kier molecular flexibility index (Phi) is 4.32. The number of nitrogens with one attached hydrogen (secondary N) is 1. The summed E-state index contributed by atoms with van der Waals surface area (Å²) in [6.07, 6.45) is 0. The molecule has 0 saturated heterocycles. The third-order valence-corrected chi connectivity index (χ3v) is 5.26. The molecule has 0 saturated carbocycles. The number of aryl methyl sites for hydroxylation is 2. The van der Waals surface area contributed by atoms with Crippen molar-refractivity contribution in [2.45, 2.75) is 13.8 Å². The van der Waals surface area contributed by atoms with E-state index in [-0.39, 0.29) is 0 Å². The van der Waals surface area contributed by atoms with E-state index < -0.39 is 0 Å². The van der Waals surface area contributed by atoms with Crippen molar-refractivity contribution in [2.75, 3.05) is 7.11 Å². The molecule has 5 rings (SSSR count). The highest BCUT2D eigenvalue weighted by Crippen LogP contribution is 2.28. The van der Waals surface area contributed by atoms with Crippen LogP contribution in [0.1, 0.15) is 11.1 Å². The van der Waals surface area contributed by atoms with E-state index in [1.807, 2.05) is 48.5 Å². The molecule has 0 bridgehead atoms. The number of aromatic amines is 1. The van der Waals surface area contributed by atoms with Gasteiger partial charge in [-0.25, -0.2) is 4.98 Å². The Hall–Kier alpha value is -3.93. The van der Waals surface area contributed by atoms with Gasteiger partial charge in [0, 0.05) is 16.7 Å². The predicted molar refractivity (Wildman–Crippen MR) is 116 cm³/mol. The lowest BCUT2D eigenvalue weighted by atomic mass is 10.1. The summed E-state index contributed by atoms with van der Waals surface area (Å²) < 4.78 is 11.0. The minimum Gasteiger partial charge on any atom is -0.497 e. The number of aromatic nitrogens is 4. The molecule has 5 aromatic rings. The second kappa shape index (κ2) is 7.15. The van der Waals surface area contributed by atoms with Gasteiger partial charge in [0.15, 0.2) is 0 Å². The van der Waals surface area contributed by atoms with Gasteiger partial charge in [0.25, 0.3) is 0 Å². The Morgan fingerprint density at radius 1 is 0.767 bits per heavy atom. The van der Waals surface area contributed by atoms with Crippen LogP contribution in [0, 0.1) is 13.8 Å². The molecule has 148 valence electrons. The van der Waals surface area contributed by atoms with Gasteiger partial charge in [0.1, 0.15) is 11.6 Å². The summed E-state index contributed by atoms with van der Waals surface area (Å²) >= 11 is 0. The van der Waals surface area contributed by atoms with Crippen molar-refractivity contribution >= 4 is 11.0 Å². The summed E-state index contributed by atoms with van der Waals surface area (Å²) in [6, 6.07) is 19.7. The van der Waals surface area contributed by atoms with Crippen molar-refractivity contribution in [3.05, 3.63) is 71.8 Å². The van der Waals surface area contributed by atoms with Crippen LogP contribution in [0.4, 0.5) is 0 Å². The second-order valence-corrected chi connectivity index (χ2v) is 7.26. The van der Waals surface area contributed by atoms with Gasteiger partial charge in [-0.1, -0.05) is 12.1 Å². The van der Waals surface area contributed by atoms with Crippen LogP contribution < -0.4 is 4.74 Å². The number of benzene rings is 3. The van der Waals surface area contributed by atoms with Crippen molar-refractivity contribution in [3.63, 3.8) is 0 Å². The van der Waals surface area contributed by atoms with E-state index in [1.54, 1.807) is 7.11 Å². The van der Waals surface area contributed by atoms with E-state index in [0.717, 1.165) is 39.3 Å². The van der Waals surface area contributed by atoms with Crippen LogP contribution in [0.2, 0.25) is 0 Å². The first-order chi connectivity index (χ1) is 14.6. The minimum absolute atomic E-state index is 0.472. The van der Waals surface area contributed by atoms with Crippen molar-refractivity contribution in [3.8, 4) is 40.0 Å². The van der Waals surface area contributed by atoms with Crippen molar-refractivity contribution in [1.29, 1.82) is 0 Å². The van der Waals surface area contributed by atoms with Crippen molar-refractivity contribution in [2.24, 2.45) is 0 Å². The number of methoxy groups -OCH3 is 1. The summed E-state index contributed by atoms with van der Waals surface area (Å²) in [6.45, 7) is 4.21. The van der Waals surface area contributed by atoms with Crippen LogP contribution in [0.5, 0.6) is 5.75 Å². The number of rotatable bonds is 4. The lowest BCUT2D eigenvalue weighted by molar-refractivity contribution is 0.415. The van der Waals surface area contributed by atoms with Crippen LogP contribution in [0.3, 0.4) is 0 Å². The molecule has 2 aromatic heterocycles. The molecule has 6 nitrogen and oxygen atoms in total. The number of hydrogen-bond donors (Lipinski definition) is 1. The van der Waals surface area contributed by atoms with Gasteiger partial charge in [-0.05, 0) is 73.5 Å². The molecule has 2 heterocycles. The fourth-order valence-corrected chi connectivity index (χ4v) is 3.37. The Balaban J connectivity index is 1.42. The number of hydrogen-bond acceptors (Lipinski definition) is 5. The molecule has 0 aliphatic rings. The molecular weight excluding hydrogens is 376 g/mol. The minimum atomic E-state index is 0.472. The van der Waals surface area contributed by atoms with E-state index in [4.69, 9.17) is 14.1 Å². The summed E-state index contributed by atoms with van der Waals surface area (Å²) in [7, 11) is 1.64. The highest BCUT2D eigenvalue weighted by Gasteiger charge is 2.12. The monoisotopic (exact) mass is 396 g/mol. The quantitative estimate of drug-likeness (QED) is 0.430. The van der Waals surface area contributed by atoms with Gasteiger partial charge in [-0.3, -0.25) is 0 Å². The molecule has 3 aromatic carbocycles. The standard InChI is InChI=1S/C24H20N4O2/c1-14-12-20-21(13-15(14)2)26-22(25-20)16-4-6-17(7-5-16)23-27-28-24(30-23)18-8-10-19(29-3)11-9-18/h4-13H,1-3H3,(H,25,26). The normalized spacial score (nSPS) is 11.2. The highest BCUT2D eigenvalue weighted by molar-refractivity contribution is 5.81. The largest absolute Gasteiger partial charge is 0.497 e. The first-order valence-electron chi connectivity index (χ1n) is 9.66. The predicted octanol–water partition coefficient (Wildman–Crippen LogP) is 5.57. The van der Waals surface area contributed by atoms with Gasteiger partial charge < -0.3 is 14.1 Å². The van der Waals surface area contributed by atoms with Gasteiger partial charge in [0.2, 0.25) is 11.8 Å². The zero-order valence-corrected chi connectivity index (χ0v) is 16.9. The molecular formula is C24H20N4O2. The van der Waals surface area contributed by atoms with Crippen LogP contribution in [0.25, 0.3) is 45.3 Å². The summed E-state index contributed by atoms with van der Waals surface area (Å²) in [5, 5.41) is 8.36. The SMILES string of the molecule is COc1ccc(-c2nnc(-c3ccc(-c4nc5cc(C)c(C)cc5[nH]4)cc3)o2)cc1. The smallest absolute Gasteiger partial charge is 0.248 e. The fraction of sp³-hybridized carbons (Fsp3) is 0.125. The molecule has 0 aliphatic carbocycles. The first-order valence-corrected chi connectivity index (χ1v) is 9.66. The molecule has 0 fully saturated rings. The molecule has 6 heteroatoms. The summed E-state index contributed by atoms with van der Waals surface area (Å²) in [5.41, 5.74) is 7.20. The van der Waals surface area contributed by atoms with E-state index in [2.05, 4.69) is 41.2 Å². The average Bonchev–Trinajstić information content (AvgIpc) is 3.42. The van der Waals surface area contributed by atoms with Crippen LogP contribution in [-0.4, -0.2) is 27.3 Å². The van der Waals surface area contributed by atoms with E-state index in [1.165, 1.54) is 11.1 Å². The van der Waals surface area contributed by atoms with Crippen LogP contribution >= 0.6 is 0 Å². The zero-order chi connectivity index (χ0) is 20.7.